The fourth-order valence-corrected chi connectivity index (χ4v) is 3.58. The third-order valence-electron chi connectivity index (χ3n) is 4.02. The quantitative estimate of drug-likeness (QED) is 0.742. The maximum Gasteiger partial charge on any atom is 0.296 e. The van der Waals surface area contributed by atoms with Crippen LogP contribution in [-0.2, 0) is 17.6 Å². The van der Waals surface area contributed by atoms with Crippen LogP contribution in [0.5, 0.6) is 0 Å². The van der Waals surface area contributed by atoms with Gasteiger partial charge in [-0.2, -0.15) is 10.1 Å². The summed E-state index contributed by atoms with van der Waals surface area (Å²) in [5.41, 5.74) is 1.49. The number of hydrogen-bond acceptors (Lipinski definition) is 5. The molecule has 25 heavy (non-hydrogen) atoms. The van der Waals surface area contributed by atoms with Crippen molar-refractivity contribution in [2.24, 2.45) is 0 Å². The highest BCUT2D eigenvalue weighted by Gasteiger charge is 2.24. The third-order valence-corrected chi connectivity index (χ3v) is 5.25. The molecule has 1 N–H and O–H groups in total. The summed E-state index contributed by atoms with van der Waals surface area (Å²) in [5, 5.41) is 9.79. The summed E-state index contributed by atoms with van der Waals surface area (Å²) >= 11 is 7.48. The Bertz CT molecular complexity index is 1010. The number of nitrogens with one attached hydrogen (secondary N) is 1. The molecule has 0 aliphatic heterocycles. The average Bonchev–Trinajstić information content (AvgIpc) is 3.31. The number of rotatable bonds is 5. The molecule has 0 unspecified atom stereocenters. The number of aromatic nitrogens is 3. The molecule has 1 saturated carbocycles. The molecule has 1 fully saturated rings. The number of halogens is 1. The zero-order chi connectivity index (χ0) is 17.4. The number of nitrogens with zero attached hydrogens (tertiary/aromatic N) is 3. The van der Waals surface area contributed by atoms with Crippen LogP contribution in [0.4, 0.5) is 0 Å². The largest absolute Gasteiger partial charge is 0.353 e. The van der Waals surface area contributed by atoms with Gasteiger partial charge in [0.1, 0.15) is 5.69 Å². The number of thiazole rings is 1. The van der Waals surface area contributed by atoms with E-state index < -0.39 is 0 Å². The Morgan fingerprint density at radius 3 is 2.92 bits per heavy atom. The summed E-state index contributed by atoms with van der Waals surface area (Å²) < 4.78 is 1.59. The van der Waals surface area contributed by atoms with Crippen molar-refractivity contribution in [3.05, 3.63) is 62.0 Å². The molecule has 1 amide bonds. The molecular weight excluding hydrogens is 360 g/mol. The Hall–Kier alpha value is -2.25. The lowest BCUT2D eigenvalue weighted by molar-refractivity contribution is -0.120. The van der Waals surface area contributed by atoms with Crippen molar-refractivity contribution in [2.75, 3.05) is 0 Å². The molecule has 0 saturated heterocycles. The zero-order valence-corrected chi connectivity index (χ0v) is 14.8. The van der Waals surface area contributed by atoms with Gasteiger partial charge >= 0.3 is 0 Å². The highest BCUT2D eigenvalue weighted by molar-refractivity contribution is 7.15. The number of hydrogen-bond donors (Lipinski definition) is 1. The molecular formula is C17H15ClN4O2S. The summed E-state index contributed by atoms with van der Waals surface area (Å²) in [6, 6.07) is 7.65. The van der Waals surface area contributed by atoms with E-state index in [0.29, 0.717) is 28.1 Å². The van der Waals surface area contributed by atoms with Gasteiger partial charge in [0.05, 0.1) is 12.1 Å². The lowest BCUT2D eigenvalue weighted by Crippen LogP contribution is -2.28. The van der Waals surface area contributed by atoms with Crippen molar-refractivity contribution in [3.63, 3.8) is 0 Å². The minimum atomic E-state index is -0.365. The van der Waals surface area contributed by atoms with E-state index in [4.69, 9.17) is 11.6 Å². The van der Waals surface area contributed by atoms with Gasteiger partial charge in [-0.1, -0.05) is 29.8 Å². The molecule has 1 aromatic carbocycles. The second-order valence-corrected chi connectivity index (χ2v) is 7.32. The van der Waals surface area contributed by atoms with Crippen molar-refractivity contribution < 1.29 is 4.79 Å². The van der Waals surface area contributed by atoms with E-state index in [-0.39, 0.29) is 17.9 Å². The van der Waals surface area contributed by atoms with Crippen LogP contribution in [0.15, 0.2) is 34.4 Å². The van der Waals surface area contributed by atoms with Gasteiger partial charge < -0.3 is 5.32 Å². The smallest absolute Gasteiger partial charge is 0.296 e. The number of benzene rings is 1. The van der Waals surface area contributed by atoms with E-state index in [1.165, 1.54) is 11.3 Å². The second-order valence-electron chi connectivity index (χ2n) is 6.07. The van der Waals surface area contributed by atoms with Gasteiger partial charge in [0.25, 0.3) is 5.56 Å². The first kappa shape index (κ1) is 16.2. The van der Waals surface area contributed by atoms with Crippen LogP contribution in [0.3, 0.4) is 0 Å². The summed E-state index contributed by atoms with van der Waals surface area (Å²) in [7, 11) is 0. The minimum Gasteiger partial charge on any atom is -0.353 e. The van der Waals surface area contributed by atoms with Crippen LogP contribution in [0.2, 0.25) is 5.02 Å². The van der Waals surface area contributed by atoms with Crippen molar-refractivity contribution >= 4 is 33.8 Å². The van der Waals surface area contributed by atoms with Gasteiger partial charge in [-0.15, -0.1) is 11.3 Å². The fraction of sp³-hybridized carbons (Fsp3) is 0.294. The highest BCUT2D eigenvalue weighted by Crippen LogP contribution is 2.20. The molecule has 3 aromatic rings. The van der Waals surface area contributed by atoms with Crippen LogP contribution in [-0.4, -0.2) is 26.5 Å². The van der Waals surface area contributed by atoms with Crippen LogP contribution in [0.1, 0.15) is 29.8 Å². The Morgan fingerprint density at radius 2 is 2.16 bits per heavy atom. The maximum atomic E-state index is 12.2. The maximum absolute atomic E-state index is 12.2. The molecule has 0 spiro atoms. The van der Waals surface area contributed by atoms with E-state index in [0.717, 1.165) is 24.1 Å². The number of carbonyl (C=O) groups is 1. The van der Waals surface area contributed by atoms with E-state index in [2.05, 4.69) is 15.4 Å². The van der Waals surface area contributed by atoms with Gasteiger partial charge in [-0.05, 0) is 24.5 Å². The monoisotopic (exact) mass is 374 g/mol. The van der Waals surface area contributed by atoms with Crippen LogP contribution in [0.25, 0.3) is 4.96 Å². The number of fused-ring (bicyclic) bond motifs is 1. The average molecular weight is 375 g/mol. The van der Waals surface area contributed by atoms with E-state index in [1.54, 1.807) is 10.6 Å². The van der Waals surface area contributed by atoms with Crippen molar-refractivity contribution in [1.29, 1.82) is 0 Å². The molecule has 128 valence electrons. The molecule has 2 heterocycles. The molecule has 1 aliphatic rings. The first-order chi connectivity index (χ1) is 12.1. The molecule has 4 rings (SSSR count). The summed E-state index contributed by atoms with van der Waals surface area (Å²) in [6.45, 7) is 0. The molecule has 2 aromatic heterocycles. The lowest BCUT2D eigenvalue weighted by Gasteiger charge is -2.05. The summed E-state index contributed by atoms with van der Waals surface area (Å²) in [6.07, 6.45) is 2.62. The minimum absolute atomic E-state index is 0.0321. The van der Waals surface area contributed by atoms with Crippen molar-refractivity contribution in [2.45, 2.75) is 31.7 Å². The molecule has 0 bridgehead atoms. The van der Waals surface area contributed by atoms with Crippen molar-refractivity contribution in [1.82, 2.24) is 19.9 Å². The Kier molecular flexibility index (Phi) is 4.27. The van der Waals surface area contributed by atoms with E-state index >= 15 is 0 Å². The molecule has 1 aliphatic carbocycles. The van der Waals surface area contributed by atoms with Crippen LogP contribution >= 0.6 is 22.9 Å². The second kappa shape index (κ2) is 6.57. The topological polar surface area (TPSA) is 76.4 Å². The number of amides is 1. The normalized spacial score (nSPS) is 14.0. The molecule has 0 atom stereocenters. The van der Waals surface area contributed by atoms with Crippen molar-refractivity contribution in [3.8, 4) is 0 Å². The molecule has 6 nitrogen and oxygen atoms in total. The van der Waals surface area contributed by atoms with Crippen LogP contribution in [0, 0.1) is 0 Å². The third kappa shape index (κ3) is 3.57. The standard InChI is InChI=1S/C17H15ClN4O2S/c18-13-4-2-1-3-10(13)7-14-16(24)20-17-22(21-14)12(9-25-17)8-15(23)19-11-5-6-11/h1-4,9,11H,5-8H2,(H,19,23). The molecule has 8 heteroatoms. The summed E-state index contributed by atoms with van der Waals surface area (Å²) in [4.78, 5) is 28.9. The number of carbonyl (C=O) groups excluding carboxylic acids is 1. The Balaban J connectivity index is 1.64. The molecule has 0 radical (unpaired) electrons. The first-order valence-corrected chi connectivity index (χ1v) is 9.25. The van der Waals surface area contributed by atoms with Gasteiger partial charge in [-0.25, -0.2) is 4.52 Å². The highest BCUT2D eigenvalue weighted by atomic mass is 35.5. The Labute approximate surface area is 152 Å². The predicted molar refractivity (Wildman–Crippen MR) is 96.3 cm³/mol. The zero-order valence-electron chi connectivity index (χ0n) is 13.2. The SMILES string of the molecule is O=C(Cc1csc2nc(=O)c(Cc3ccccc3Cl)nn12)NC1CC1. The van der Waals surface area contributed by atoms with Gasteiger partial charge in [0, 0.05) is 22.9 Å². The van der Waals surface area contributed by atoms with E-state index in [9.17, 15) is 9.59 Å². The van der Waals surface area contributed by atoms with Gasteiger partial charge in [-0.3, -0.25) is 9.59 Å². The van der Waals surface area contributed by atoms with Gasteiger partial charge in [0.2, 0.25) is 10.9 Å². The predicted octanol–water partition coefficient (Wildman–Crippen LogP) is 2.22. The fourth-order valence-electron chi connectivity index (χ4n) is 2.56. The van der Waals surface area contributed by atoms with Gasteiger partial charge in [0.15, 0.2) is 0 Å². The van der Waals surface area contributed by atoms with Crippen LogP contribution < -0.4 is 10.9 Å². The Morgan fingerprint density at radius 1 is 1.36 bits per heavy atom. The first-order valence-electron chi connectivity index (χ1n) is 7.99. The summed E-state index contributed by atoms with van der Waals surface area (Å²) in [5.74, 6) is -0.0321. The van der Waals surface area contributed by atoms with E-state index in [1.807, 2.05) is 23.6 Å². The lowest BCUT2D eigenvalue weighted by atomic mass is 10.1.